The molecule has 0 saturated heterocycles. The fourth-order valence-corrected chi connectivity index (χ4v) is 2.99. The summed E-state index contributed by atoms with van der Waals surface area (Å²) in [6.07, 6.45) is 0.675. The number of nitrogens with zero attached hydrogens (tertiary/aromatic N) is 2. The van der Waals surface area contributed by atoms with Crippen molar-refractivity contribution in [2.45, 2.75) is 13.3 Å². The molecule has 1 aromatic heterocycles. The van der Waals surface area contributed by atoms with Crippen LogP contribution in [0.4, 0.5) is 10.1 Å². The van der Waals surface area contributed by atoms with Crippen molar-refractivity contribution < 1.29 is 13.9 Å². The zero-order valence-electron chi connectivity index (χ0n) is 15.3. The summed E-state index contributed by atoms with van der Waals surface area (Å²) in [7, 11) is 1.68. The van der Waals surface area contributed by atoms with Crippen LogP contribution in [0.1, 0.15) is 13.3 Å². The molecular formula is C21H21FN2O3. The van der Waals surface area contributed by atoms with E-state index in [1.54, 1.807) is 25.2 Å². The van der Waals surface area contributed by atoms with Crippen LogP contribution in [0.5, 0.6) is 5.75 Å². The summed E-state index contributed by atoms with van der Waals surface area (Å²) in [6, 6.07) is 14.8. The molecule has 0 aliphatic carbocycles. The molecule has 1 amide bonds. The van der Waals surface area contributed by atoms with Crippen LogP contribution in [0.15, 0.2) is 59.4 Å². The maximum absolute atomic E-state index is 14.1. The molecule has 27 heavy (non-hydrogen) atoms. The second-order valence-corrected chi connectivity index (χ2v) is 6.21. The number of rotatable bonds is 6. The summed E-state index contributed by atoms with van der Waals surface area (Å²) >= 11 is 0. The monoisotopic (exact) mass is 368 g/mol. The summed E-state index contributed by atoms with van der Waals surface area (Å²) in [6.45, 7) is 2.00. The Morgan fingerprint density at radius 3 is 2.59 bits per heavy atom. The number of carbonyl (C=O) groups is 1. The Hall–Kier alpha value is -3.15. The molecule has 3 aromatic rings. The molecule has 0 atom stereocenters. The maximum atomic E-state index is 14.1. The third-order valence-electron chi connectivity index (χ3n) is 4.36. The lowest BCUT2D eigenvalue weighted by molar-refractivity contribution is -0.120. The quantitative estimate of drug-likeness (QED) is 0.669. The first-order chi connectivity index (χ1) is 13.0. The molecule has 0 saturated carbocycles. The van der Waals surface area contributed by atoms with Crippen LogP contribution in [0, 0.1) is 5.82 Å². The molecule has 0 aliphatic rings. The number of benzene rings is 2. The van der Waals surface area contributed by atoms with E-state index in [9.17, 15) is 14.0 Å². The number of aromatic nitrogens is 1. The lowest BCUT2D eigenvalue weighted by atomic mass is 10.2. The standard InChI is InChI=1S/C21H21FN2O3/c1-3-12-24(18-11-7-5-9-16(18)22)21(26)14-27-19-13-20(25)23(2)17-10-6-4-8-15(17)19/h4-11,13H,3,12,14H2,1-2H3. The smallest absolute Gasteiger partial charge is 0.264 e. The van der Waals surface area contributed by atoms with Crippen LogP contribution in [0.2, 0.25) is 0 Å². The summed E-state index contributed by atoms with van der Waals surface area (Å²) in [5.41, 5.74) is 0.712. The van der Waals surface area contributed by atoms with Gasteiger partial charge in [0.25, 0.3) is 11.5 Å². The van der Waals surface area contributed by atoms with Crippen molar-refractivity contribution in [1.82, 2.24) is 4.57 Å². The van der Waals surface area contributed by atoms with Gasteiger partial charge in [-0.1, -0.05) is 31.2 Å². The van der Waals surface area contributed by atoms with Crippen molar-refractivity contribution in [2.24, 2.45) is 7.05 Å². The summed E-state index contributed by atoms with van der Waals surface area (Å²) in [5, 5.41) is 0.736. The lowest BCUT2D eigenvalue weighted by Gasteiger charge is -2.23. The molecule has 1 heterocycles. The third kappa shape index (κ3) is 3.84. The van der Waals surface area contributed by atoms with E-state index in [2.05, 4.69) is 0 Å². The van der Waals surface area contributed by atoms with Gasteiger partial charge in [-0.15, -0.1) is 0 Å². The van der Waals surface area contributed by atoms with Gasteiger partial charge in [-0.3, -0.25) is 9.59 Å². The number of hydrogen-bond acceptors (Lipinski definition) is 3. The van der Waals surface area contributed by atoms with E-state index < -0.39 is 5.82 Å². The van der Waals surface area contributed by atoms with Crippen molar-refractivity contribution in [3.8, 4) is 5.75 Å². The van der Waals surface area contributed by atoms with Gasteiger partial charge in [0.1, 0.15) is 11.6 Å². The third-order valence-corrected chi connectivity index (χ3v) is 4.36. The number of fused-ring (bicyclic) bond motifs is 1. The zero-order valence-corrected chi connectivity index (χ0v) is 15.3. The maximum Gasteiger partial charge on any atom is 0.264 e. The molecule has 0 bridgehead atoms. The number of pyridine rings is 1. The first kappa shape index (κ1) is 18.6. The SMILES string of the molecule is CCCN(C(=O)COc1cc(=O)n(C)c2ccccc12)c1ccccc1F. The van der Waals surface area contributed by atoms with E-state index in [1.165, 1.54) is 21.6 Å². The molecule has 0 fully saturated rings. The molecule has 0 unspecified atom stereocenters. The number of anilines is 1. The van der Waals surface area contributed by atoms with Gasteiger partial charge < -0.3 is 14.2 Å². The highest BCUT2D eigenvalue weighted by Gasteiger charge is 2.19. The van der Waals surface area contributed by atoms with Gasteiger partial charge in [0.15, 0.2) is 6.61 Å². The Labute approximate surface area is 156 Å². The average molecular weight is 368 g/mol. The van der Waals surface area contributed by atoms with E-state index in [1.807, 2.05) is 31.2 Å². The van der Waals surface area contributed by atoms with Crippen LogP contribution in [0.3, 0.4) is 0 Å². The van der Waals surface area contributed by atoms with E-state index in [0.29, 0.717) is 24.2 Å². The summed E-state index contributed by atoms with van der Waals surface area (Å²) in [5.74, 6) is -0.489. The molecule has 6 heteroatoms. The Morgan fingerprint density at radius 1 is 1.15 bits per heavy atom. The number of carbonyl (C=O) groups excluding carboxylic acids is 1. The van der Waals surface area contributed by atoms with Crippen molar-refractivity contribution in [2.75, 3.05) is 18.1 Å². The van der Waals surface area contributed by atoms with Crippen molar-refractivity contribution >= 4 is 22.5 Å². The molecule has 0 N–H and O–H groups in total. The molecule has 140 valence electrons. The topological polar surface area (TPSA) is 51.5 Å². The van der Waals surface area contributed by atoms with E-state index in [4.69, 9.17) is 4.74 Å². The van der Waals surface area contributed by atoms with Gasteiger partial charge in [-0.05, 0) is 30.7 Å². The molecule has 2 aromatic carbocycles. The summed E-state index contributed by atoms with van der Waals surface area (Å²) < 4.78 is 21.3. The minimum atomic E-state index is -0.460. The number of ether oxygens (including phenoxy) is 1. The van der Waals surface area contributed by atoms with Gasteiger partial charge >= 0.3 is 0 Å². The number of amides is 1. The van der Waals surface area contributed by atoms with Crippen molar-refractivity contribution in [3.63, 3.8) is 0 Å². The van der Waals surface area contributed by atoms with Crippen molar-refractivity contribution in [3.05, 3.63) is 70.8 Å². The summed E-state index contributed by atoms with van der Waals surface area (Å²) in [4.78, 5) is 26.2. The molecule has 0 radical (unpaired) electrons. The lowest BCUT2D eigenvalue weighted by Crippen LogP contribution is -2.36. The predicted molar refractivity (Wildman–Crippen MR) is 104 cm³/mol. The predicted octanol–water partition coefficient (Wildman–Crippen LogP) is 3.50. The largest absolute Gasteiger partial charge is 0.483 e. The van der Waals surface area contributed by atoms with Gasteiger partial charge in [-0.25, -0.2) is 4.39 Å². The van der Waals surface area contributed by atoms with Crippen LogP contribution in [0.25, 0.3) is 10.9 Å². The van der Waals surface area contributed by atoms with Gasteiger partial charge in [0, 0.05) is 25.0 Å². The van der Waals surface area contributed by atoms with E-state index >= 15 is 0 Å². The minimum absolute atomic E-state index is 0.224. The Balaban J connectivity index is 1.86. The van der Waals surface area contributed by atoms with Crippen LogP contribution >= 0.6 is 0 Å². The Kier molecular flexibility index (Phi) is 5.54. The second kappa shape index (κ2) is 8.03. The highest BCUT2D eigenvalue weighted by Crippen LogP contribution is 2.24. The zero-order chi connectivity index (χ0) is 19.4. The van der Waals surface area contributed by atoms with E-state index in [0.717, 1.165) is 5.39 Å². The number of aryl methyl sites for hydroxylation is 1. The molecule has 0 spiro atoms. The Morgan fingerprint density at radius 2 is 1.85 bits per heavy atom. The van der Waals surface area contributed by atoms with Gasteiger partial charge in [0.05, 0.1) is 11.2 Å². The first-order valence-corrected chi connectivity index (χ1v) is 8.79. The number of halogens is 1. The number of hydrogen-bond donors (Lipinski definition) is 0. The fraction of sp³-hybridized carbons (Fsp3) is 0.238. The second-order valence-electron chi connectivity index (χ2n) is 6.21. The Bertz CT molecular complexity index is 1030. The fourth-order valence-electron chi connectivity index (χ4n) is 2.99. The molecule has 0 aliphatic heterocycles. The van der Waals surface area contributed by atoms with E-state index in [-0.39, 0.29) is 23.8 Å². The van der Waals surface area contributed by atoms with Crippen LogP contribution in [-0.4, -0.2) is 23.6 Å². The normalized spacial score (nSPS) is 10.8. The highest BCUT2D eigenvalue weighted by atomic mass is 19.1. The molecule has 3 rings (SSSR count). The average Bonchev–Trinajstić information content (AvgIpc) is 2.68. The molecule has 5 nitrogen and oxygen atoms in total. The first-order valence-electron chi connectivity index (χ1n) is 8.79. The minimum Gasteiger partial charge on any atom is -0.483 e. The number of para-hydroxylation sites is 2. The van der Waals surface area contributed by atoms with Crippen molar-refractivity contribution in [1.29, 1.82) is 0 Å². The van der Waals surface area contributed by atoms with Gasteiger partial charge in [0.2, 0.25) is 0 Å². The van der Waals surface area contributed by atoms with Crippen LogP contribution < -0.4 is 15.2 Å². The molecular weight excluding hydrogens is 347 g/mol. The van der Waals surface area contributed by atoms with Crippen LogP contribution in [-0.2, 0) is 11.8 Å². The van der Waals surface area contributed by atoms with Gasteiger partial charge in [-0.2, -0.15) is 0 Å². The highest BCUT2D eigenvalue weighted by molar-refractivity contribution is 5.95.